The van der Waals surface area contributed by atoms with Crippen LogP contribution in [0.15, 0.2) is 29.0 Å². The Kier molecular flexibility index (Phi) is 3.63. The molecule has 6 heteroatoms. The maximum Gasteiger partial charge on any atom is 0.258 e. The van der Waals surface area contributed by atoms with E-state index >= 15 is 0 Å². The second-order valence-electron chi connectivity index (χ2n) is 4.52. The van der Waals surface area contributed by atoms with E-state index < -0.39 is 5.54 Å². The van der Waals surface area contributed by atoms with E-state index in [2.05, 4.69) is 15.1 Å². The van der Waals surface area contributed by atoms with Crippen LogP contribution in [-0.4, -0.2) is 15.1 Å². The molecular weight excluding hydrogens is 252 g/mol. The summed E-state index contributed by atoms with van der Waals surface area (Å²) in [5, 5.41) is 4.01. The molecule has 0 unspecified atom stereocenters. The molecule has 18 heavy (non-hydrogen) atoms. The normalized spacial score (nSPS) is 17.4. The van der Waals surface area contributed by atoms with Crippen LogP contribution >= 0.6 is 12.4 Å². The Balaban J connectivity index is 0.00000120. The third kappa shape index (κ3) is 2.23. The molecule has 1 aliphatic carbocycles. The molecule has 1 aliphatic rings. The summed E-state index contributed by atoms with van der Waals surface area (Å²) in [4.78, 5) is 8.36. The predicted octanol–water partition coefficient (Wildman–Crippen LogP) is 2.28. The number of nitrogens with two attached hydrogens (primary N) is 1. The van der Waals surface area contributed by atoms with Gasteiger partial charge in [-0.2, -0.15) is 4.98 Å². The van der Waals surface area contributed by atoms with Crippen molar-refractivity contribution >= 4 is 12.4 Å². The average Bonchev–Trinajstić information content (AvgIpc) is 2.99. The molecule has 2 N–H and O–H groups in total. The minimum Gasteiger partial charge on any atom is -0.334 e. The second kappa shape index (κ2) is 5.04. The molecule has 2 heterocycles. The van der Waals surface area contributed by atoms with Gasteiger partial charge in [-0.05, 0) is 25.0 Å². The largest absolute Gasteiger partial charge is 0.334 e. The first-order chi connectivity index (χ1) is 8.28. The molecule has 0 aromatic carbocycles. The monoisotopic (exact) mass is 266 g/mol. The third-order valence-electron chi connectivity index (χ3n) is 3.29. The number of hydrogen-bond donors (Lipinski definition) is 1. The summed E-state index contributed by atoms with van der Waals surface area (Å²) in [6.45, 7) is 0. The van der Waals surface area contributed by atoms with Crippen LogP contribution in [0.4, 0.5) is 0 Å². The summed E-state index contributed by atoms with van der Waals surface area (Å²) in [7, 11) is 0. The van der Waals surface area contributed by atoms with Gasteiger partial charge in [0.05, 0.1) is 5.54 Å². The van der Waals surface area contributed by atoms with E-state index in [0.717, 1.165) is 31.2 Å². The molecular formula is C12H15ClN4O. The molecule has 3 rings (SSSR count). The fourth-order valence-corrected chi connectivity index (χ4v) is 2.27. The van der Waals surface area contributed by atoms with E-state index in [0.29, 0.717) is 11.7 Å². The van der Waals surface area contributed by atoms with Crippen molar-refractivity contribution in [1.82, 2.24) is 15.1 Å². The van der Waals surface area contributed by atoms with Crippen LogP contribution < -0.4 is 5.73 Å². The summed E-state index contributed by atoms with van der Waals surface area (Å²) >= 11 is 0. The van der Waals surface area contributed by atoms with Gasteiger partial charge in [0.1, 0.15) is 0 Å². The summed E-state index contributed by atoms with van der Waals surface area (Å²) in [5.41, 5.74) is 6.76. The fourth-order valence-electron chi connectivity index (χ4n) is 2.27. The molecule has 0 saturated heterocycles. The van der Waals surface area contributed by atoms with Crippen LogP contribution in [0.1, 0.15) is 31.5 Å². The van der Waals surface area contributed by atoms with Crippen molar-refractivity contribution in [1.29, 1.82) is 0 Å². The van der Waals surface area contributed by atoms with Crippen molar-refractivity contribution in [2.75, 3.05) is 0 Å². The van der Waals surface area contributed by atoms with Crippen LogP contribution in [0.25, 0.3) is 11.5 Å². The maximum absolute atomic E-state index is 6.27. The highest BCUT2D eigenvalue weighted by atomic mass is 35.5. The van der Waals surface area contributed by atoms with Gasteiger partial charge in [-0.25, -0.2) is 0 Å². The van der Waals surface area contributed by atoms with Crippen molar-refractivity contribution in [3.05, 3.63) is 30.4 Å². The van der Waals surface area contributed by atoms with Crippen LogP contribution in [0.3, 0.4) is 0 Å². The molecule has 96 valence electrons. The van der Waals surface area contributed by atoms with Gasteiger partial charge in [-0.15, -0.1) is 12.4 Å². The fraction of sp³-hybridized carbons (Fsp3) is 0.417. The van der Waals surface area contributed by atoms with Crippen molar-refractivity contribution in [3.63, 3.8) is 0 Å². The third-order valence-corrected chi connectivity index (χ3v) is 3.29. The number of hydrogen-bond acceptors (Lipinski definition) is 5. The highest BCUT2D eigenvalue weighted by Gasteiger charge is 2.36. The topological polar surface area (TPSA) is 77.8 Å². The first kappa shape index (κ1) is 13.0. The van der Waals surface area contributed by atoms with E-state index in [1.807, 2.05) is 12.1 Å². The molecule has 2 aromatic heterocycles. The van der Waals surface area contributed by atoms with E-state index in [4.69, 9.17) is 10.3 Å². The highest BCUT2D eigenvalue weighted by molar-refractivity contribution is 5.85. The number of aromatic nitrogens is 3. The molecule has 0 aliphatic heterocycles. The van der Waals surface area contributed by atoms with E-state index in [9.17, 15) is 0 Å². The van der Waals surface area contributed by atoms with Gasteiger partial charge in [-0.1, -0.05) is 18.0 Å². The van der Waals surface area contributed by atoms with Crippen molar-refractivity contribution in [3.8, 4) is 11.5 Å². The van der Waals surface area contributed by atoms with Gasteiger partial charge < -0.3 is 10.3 Å². The van der Waals surface area contributed by atoms with Crippen LogP contribution in [0.5, 0.6) is 0 Å². The van der Waals surface area contributed by atoms with Gasteiger partial charge in [0.2, 0.25) is 0 Å². The molecule has 0 bridgehead atoms. The van der Waals surface area contributed by atoms with Crippen LogP contribution in [0, 0.1) is 0 Å². The number of pyridine rings is 1. The lowest BCUT2D eigenvalue weighted by Crippen LogP contribution is -2.34. The molecule has 0 atom stereocenters. The maximum atomic E-state index is 6.27. The van der Waals surface area contributed by atoms with Gasteiger partial charge in [0.25, 0.3) is 5.89 Å². The minimum absolute atomic E-state index is 0. The Labute approximate surface area is 111 Å². The first-order valence-corrected chi connectivity index (χ1v) is 5.81. The van der Waals surface area contributed by atoms with Gasteiger partial charge in [0.15, 0.2) is 5.82 Å². The Hall–Kier alpha value is -1.46. The summed E-state index contributed by atoms with van der Waals surface area (Å²) in [5.74, 6) is 1.14. The smallest absolute Gasteiger partial charge is 0.258 e. The lowest BCUT2D eigenvalue weighted by molar-refractivity contribution is 0.372. The zero-order chi connectivity index (χ0) is 11.7. The van der Waals surface area contributed by atoms with E-state index in [1.165, 1.54) is 0 Å². The number of nitrogens with zero attached hydrogens (tertiary/aromatic N) is 3. The quantitative estimate of drug-likeness (QED) is 0.902. The minimum atomic E-state index is -0.394. The molecule has 2 aromatic rings. The SMILES string of the molecule is Cl.NC1(c2noc(-c3ccncc3)n2)CCCC1. The molecule has 0 amide bonds. The molecule has 0 spiro atoms. The Bertz CT molecular complexity index is 508. The van der Waals surface area contributed by atoms with E-state index in [-0.39, 0.29) is 12.4 Å². The highest BCUT2D eigenvalue weighted by Crippen LogP contribution is 2.35. The Morgan fingerprint density at radius 2 is 1.83 bits per heavy atom. The number of halogens is 1. The Morgan fingerprint density at radius 1 is 1.17 bits per heavy atom. The number of rotatable bonds is 2. The first-order valence-electron chi connectivity index (χ1n) is 5.81. The van der Waals surface area contributed by atoms with E-state index in [1.54, 1.807) is 12.4 Å². The standard InChI is InChI=1S/C12H14N4O.ClH/c13-12(5-1-2-6-12)11-15-10(17-16-11)9-3-7-14-8-4-9;/h3-4,7-8H,1-2,5-6,13H2;1H. The lowest BCUT2D eigenvalue weighted by atomic mass is 9.99. The van der Waals surface area contributed by atoms with Gasteiger partial charge in [0, 0.05) is 18.0 Å². The zero-order valence-electron chi connectivity index (χ0n) is 9.87. The molecule has 0 radical (unpaired) electrons. The summed E-state index contributed by atoms with van der Waals surface area (Å²) in [6.07, 6.45) is 7.54. The van der Waals surface area contributed by atoms with Crippen molar-refractivity contribution in [2.45, 2.75) is 31.2 Å². The second-order valence-corrected chi connectivity index (χ2v) is 4.52. The van der Waals surface area contributed by atoms with Crippen molar-refractivity contribution in [2.24, 2.45) is 5.73 Å². The van der Waals surface area contributed by atoms with Gasteiger partial charge >= 0.3 is 0 Å². The summed E-state index contributed by atoms with van der Waals surface area (Å²) < 4.78 is 5.26. The Morgan fingerprint density at radius 3 is 2.50 bits per heavy atom. The zero-order valence-corrected chi connectivity index (χ0v) is 10.7. The van der Waals surface area contributed by atoms with Crippen molar-refractivity contribution < 1.29 is 4.52 Å². The molecule has 1 saturated carbocycles. The lowest BCUT2D eigenvalue weighted by Gasteiger charge is -2.17. The molecule has 5 nitrogen and oxygen atoms in total. The van der Waals surface area contributed by atoms with Crippen LogP contribution in [0.2, 0.25) is 0 Å². The molecule has 1 fully saturated rings. The average molecular weight is 267 g/mol. The van der Waals surface area contributed by atoms with Crippen LogP contribution in [-0.2, 0) is 5.54 Å². The predicted molar refractivity (Wildman–Crippen MR) is 69.1 cm³/mol. The summed E-state index contributed by atoms with van der Waals surface area (Å²) in [6, 6.07) is 3.68. The van der Waals surface area contributed by atoms with Gasteiger partial charge in [-0.3, -0.25) is 4.98 Å².